The van der Waals surface area contributed by atoms with Gasteiger partial charge >= 0.3 is 0 Å². The van der Waals surface area contributed by atoms with Gasteiger partial charge in [0.2, 0.25) is 0 Å². The van der Waals surface area contributed by atoms with Crippen LogP contribution in [0.15, 0.2) is 52.7 Å². The van der Waals surface area contributed by atoms with Crippen molar-refractivity contribution in [3.63, 3.8) is 0 Å². The summed E-state index contributed by atoms with van der Waals surface area (Å²) in [4.78, 5) is 29.6. The summed E-state index contributed by atoms with van der Waals surface area (Å²) in [6, 6.07) is 10.8. The van der Waals surface area contributed by atoms with Crippen LogP contribution < -0.4 is 4.74 Å². The molecule has 166 valence electrons. The number of aliphatic hydroxyl groups excluding tert-OH is 1. The fraction of sp³-hybridized carbons (Fsp3) is 0.280. The molecule has 1 fully saturated rings. The second-order valence-corrected chi connectivity index (χ2v) is 10.1. The van der Waals surface area contributed by atoms with E-state index in [0.717, 1.165) is 26.6 Å². The van der Waals surface area contributed by atoms with Crippen LogP contribution in [0.5, 0.6) is 5.75 Å². The minimum Gasteiger partial charge on any atom is -0.507 e. The van der Waals surface area contributed by atoms with Gasteiger partial charge in [-0.2, -0.15) is 0 Å². The number of thiophene rings is 2. The molecule has 5 nitrogen and oxygen atoms in total. The van der Waals surface area contributed by atoms with E-state index in [9.17, 15) is 14.7 Å². The molecule has 1 atom stereocenters. The molecule has 2 aromatic heterocycles. The van der Waals surface area contributed by atoms with Crippen LogP contribution in [0, 0.1) is 6.92 Å². The lowest BCUT2D eigenvalue weighted by Gasteiger charge is -2.24. The summed E-state index contributed by atoms with van der Waals surface area (Å²) >= 11 is 3.00. The molecular formula is C25H25NO4S2. The fourth-order valence-electron chi connectivity index (χ4n) is 4.08. The molecule has 4 rings (SSSR count). The quantitative estimate of drug-likeness (QED) is 0.280. The molecule has 1 aliphatic heterocycles. The van der Waals surface area contributed by atoms with Gasteiger partial charge in [0, 0.05) is 15.3 Å². The highest BCUT2D eigenvalue weighted by Gasteiger charge is 2.46. The Hall–Kier alpha value is -2.90. The summed E-state index contributed by atoms with van der Waals surface area (Å²) in [6.45, 7) is 6.27. The van der Waals surface area contributed by atoms with Crippen molar-refractivity contribution in [1.29, 1.82) is 0 Å². The number of carbonyl (C=O) groups is 2. The van der Waals surface area contributed by atoms with Crippen molar-refractivity contribution in [2.24, 2.45) is 0 Å². The number of Topliss-reactive ketones (excluding diaryl/α,β-unsaturated/α-hetero) is 1. The Balaban J connectivity index is 1.89. The number of aryl methyl sites for hydroxylation is 1. The number of nitrogens with zero attached hydrogens (tertiary/aromatic N) is 1. The highest BCUT2D eigenvalue weighted by molar-refractivity contribution is 7.10. The Bertz CT molecular complexity index is 1180. The molecule has 0 spiro atoms. The van der Waals surface area contributed by atoms with Gasteiger partial charge in [0.05, 0.1) is 19.2 Å². The molecule has 1 saturated heterocycles. The predicted molar refractivity (Wildman–Crippen MR) is 128 cm³/mol. The van der Waals surface area contributed by atoms with Crippen LogP contribution in [-0.4, -0.2) is 28.8 Å². The first-order valence-electron chi connectivity index (χ1n) is 10.4. The molecule has 0 saturated carbocycles. The van der Waals surface area contributed by atoms with Crippen LogP contribution in [0.2, 0.25) is 0 Å². The SMILES string of the molecule is COc1cc(C)c(/C(O)=C2\C(=O)C(=O)N(Cc3cccs3)C2c2cccs2)cc1C(C)C. The lowest BCUT2D eigenvalue weighted by atomic mass is 9.92. The zero-order valence-electron chi connectivity index (χ0n) is 18.4. The number of carbonyl (C=O) groups excluding carboxylic acids is 2. The number of hydrogen-bond acceptors (Lipinski definition) is 6. The lowest BCUT2D eigenvalue weighted by molar-refractivity contribution is -0.140. The van der Waals surface area contributed by atoms with Gasteiger partial charge in [-0.05, 0) is 59.0 Å². The molecule has 3 aromatic rings. The average molecular weight is 468 g/mol. The number of ether oxygens (including phenoxy) is 1. The van der Waals surface area contributed by atoms with E-state index in [4.69, 9.17) is 4.74 Å². The van der Waals surface area contributed by atoms with E-state index in [1.165, 1.54) is 22.7 Å². The molecule has 32 heavy (non-hydrogen) atoms. The third kappa shape index (κ3) is 3.87. The highest BCUT2D eigenvalue weighted by Crippen LogP contribution is 2.43. The number of likely N-dealkylation sites (tertiary alicyclic amines) is 1. The van der Waals surface area contributed by atoms with E-state index >= 15 is 0 Å². The van der Waals surface area contributed by atoms with Crippen LogP contribution in [-0.2, 0) is 16.1 Å². The third-order valence-corrected chi connectivity index (χ3v) is 7.50. The minimum atomic E-state index is -0.654. The van der Waals surface area contributed by atoms with Crippen molar-refractivity contribution in [1.82, 2.24) is 4.90 Å². The molecule has 0 bridgehead atoms. The Kier molecular flexibility index (Phi) is 6.22. The highest BCUT2D eigenvalue weighted by atomic mass is 32.1. The van der Waals surface area contributed by atoms with E-state index < -0.39 is 17.7 Å². The maximum atomic E-state index is 13.2. The maximum absolute atomic E-state index is 13.2. The van der Waals surface area contributed by atoms with Gasteiger partial charge in [0.15, 0.2) is 0 Å². The normalized spacial score (nSPS) is 18.0. The number of amides is 1. The summed E-state index contributed by atoms with van der Waals surface area (Å²) in [5.74, 6) is -0.488. The zero-order valence-corrected chi connectivity index (χ0v) is 20.0. The summed E-state index contributed by atoms with van der Waals surface area (Å²) in [7, 11) is 1.62. The molecule has 1 unspecified atom stereocenters. The van der Waals surface area contributed by atoms with Gasteiger partial charge in [0.1, 0.15) is 17.6 Å². The summed E-state index contributed by atoms with van der Waals surface area (Å²) < 4.78 is 5.52. The first-order valence-corrected chi connectivity index (χ1v) is 12.1. The van der Waals surface area contributed by atoms with Gasteiger partial charge in [-0.3, -0.25) is 9.59 Å². The topological polar surface area (TPSA) is 66.8 Å². The summed E-state index contributed by atoms with van der Waals surface area (Å²) in [5, 5.41) is 15.3. The fourth-order valence-corrected chi connectivity index (χ4v) is 5.63. The molecule has 1 amide bonds. The van der Waals surface area contributed by atoms with Crippen molar-refractivity contribution in [2.45, 2.75) is 39.3 Å². The Labute approximate surface area is 195 Å². The monoisotopic (exact) mass is 467 g/mol. The van der Waals surface area contributed by atoms with Crippen molar-refractivity contribution in [3.05, 3.63) is 79.2 Å². The second kappa shape index (κ2) is 8.92. The first kappa shape index (κ1) is 22.3. The van der Waals surface area contributed by atoms with Crippen LogP contribution in [0.25, 0.3) is 5.76 Å². The maximum Gasteiger partial charge on any atom is 0.296 e. The predicted octanol–water partition coefficient (Wildman–Crippen LogP) is 5.87. The van der Waals surface area contributed by atoms with E-state index in [0.29, 0.717) is 12.1 Å². The minimum absolute atomic E-state index is 0.136. The average Bonchev–Trinajstić information content (AvgIpc) is 3.52. The number of rotatable bonds is 6. The Morgan fingerprint density at radius 2 is 1.88 bits per heavy atom. The van der Waals surface area contributed by atoms with E-state index in [-0.39, 0.29) is 17.3 Å². The van der Waals surface area contributed by atoms with E-state index in [2.05, 4.69) is 0 Å². The molecule has 0 aliphatic carbocycles. The van der Waals surface area contributed by atoms with Gasteiger partial charge < -0.3 is 14.7 Å². The third-order valence-electron chi connectivity index (χ3n) is 5.71. The molecule has 1 aromatic carbocycles. The van der Waals surface area contributed by atoms with Gasteiger partial charge in [-0.15, -0.1) is 22.7 Å². The van der Waals surface area contributed by atoms with Gasteiger partial charge in [0.25, 0.3) is 11.7 Å². The molecular weight excluding hydrogens is 442 g/mol. The van der Waals surface area contributed by atoms with Crippen molar-refractivity contribution in [3.8, 4) is 5.75 Å². The van der Waals surface area contributed by atoms with Crippen molar-refractivity contribution >= 4 is 40.1 Å². The smallest absolute Gasteiger partial charge is 0.296 e. The Morgan fingerprint density at radius 1 is 1.16 bits per heavy atom. The van der Waals surface area contributed by atoms with Crippen LogP contribution >= 0.6 is 22.7 Å². The number of aliphatic hydroxyl groups is 1. The Morgan fingerprint density at radius 3 is 2.47 bits per heavy atom. The van der Waals surface area contributed by atoms with Crippen LogP contribution in [0.3, 0.4) is 0 Å². The summed E-state index contributed by atoms with van der Waals surface area (Å²) in [6.07, 6.45) is 0. The van der Waals surface area contributed by atoms with Crippen molar-refractivity contribution < 1.29 is 19.4 Å². The number of ketones is 1. The lowest BCUT2D eigenvalue weighted by Crippen LogP contribution is -2.28. The second-order valence-electron chi connectivity index (χ2n) is 8.09. The van der Waals surface area contributed by atoms with Gasteiger partial charge in [-0.25, -0.2) is 0 Å². The molecule has 7 heteroatoms. The van der Waals surface area contributed by atoms with Crippen LogP contribution in [0.4, 0.5) is 0 Å². The van der Waals surface area contributed by atoms with Crippen LogP contribution in [0.1, 0.15) is 52.3 Å². The zero-order chi connectivity index (χ0) is 23.0. The molecule has 3 heterocycles. The molecule has 1 aliphatic rings. The standard InChI is InChI=1S/C25H25NO4S2/c1-14(2)17-12-18(15(3)11-19(17)30-4)23(27)21-22(20-8-6-10-32-20)26(25(29)24(21)28)13-16-7-5-9-31-16/h5-12,14,22,27H,13H2,1-4H3/b23-21+. The molecule has 0 radical (unpaired) electrons. The van der Waals surface area contributed by atoms with E-state index in [1.807, 2.05) is 67.9 Å². The number of hydrogen-bond donors (Lipinski definition) is 1. The molecule has 1 N–H and O–H groups in total. The van der Waals surface area contributed by atoms with E-state index in [1.54, 1.807) is 12.0 Å². The van der Waals surface area contributed by atoms with Crippen molar-refractivity contribution in [2.75, 3.05) is 7.11 Å². The first-order chi connectivity index (χ1) is 15.3. The number of methoxy groups -OCH3 is 1. The van der Waals surface area contributed by atoms with Gasteiger partial charge in [-0.1, -0.05) is 26.0 Å². The summed E-state index contributed by atoms with van der Waals surface area (Å²) in [5.41, 5.74) is 2.39. The largest absolute Gasteiger partial charge is 0.507 e. The number of benzene rings is 1.